The molecule has 2 aromatic heterocycles. The molecule has 6 nitrogen and oxygen atoms in total. The van der Waals surface area contributed by atoms with Crippen molar-refractivity contribution in [1.82, 2.24) is 19.4 Å². The zero-order valence-electron chi connectivity index (χ0n) is 14.5. The van der Waals surface area contributed by atoms with Crippen molar-refractivity contribution in [2.45, 2.75) is 51.2 Å². The fourth-order valence-corrected chi connectivity index (χ4v) is 4.05. The number of fused-ring (bicyclic) bond motifs is 1. The van der Waals surface area contributed by atoms with Crippen LogP contribution in [0.5, 0.6) is 0 Å². The highest BCUT2D eigenvalue weighted by Crippen LogP contribution is 2.23. The second-order valence-electron chi connectivity index (χ2n) is 6.42. The Labute approximate surface area is 145 Å². The quantitative estimate of drug-likeness (QED) is 0.666. The SMILES string of the molecule is CC[C@@H](C)n1c(SCC(=O)N2CCCC2)nc2cc(C)[nH]c2c1=O. The topological polar surface area (TPSA) is 71.0 Å². The number of H-pyrrole nitrogens is 1. The zero-order valence-corrected chi connectivity index (χ0v) is 15.3. The number of aromatic amines is 1. The molecule has 0 spiro atoms. The standard InChI is InChI=1S/C17H24N4O2S/c1-4-12(3)21-16(23)15-13(9-11(2)18-15)19-17(21)24-10-14(22)20-7-5-6-8-20/h9,12,18H,4-8,10H2,1-3H3/t12-/m1/s1. The lowest BCUT2D eigenvalue weighted by molar-refractivity contribution is -0.127. The summed E-state index contributed by atoms with van der Waals surface area (Å²) in [6.07, 6.45) is 3.00. The number of aromatic nitrogens is 3. The van der Waals surface area contributed by atoms with Crippen LogP contribution in [0.3, 0.4) is 0 Å². The van der Waals surface area contributed by atoms with Crippen LogP contribution < -0.4 is 5.56 Å². The van der Waals surface area contributed by atoms with Gasteiger partial charge in [-0.15, -0.1) is 0 Å². The summed E-state index contributed by atoms with van der Waals surface area (Å²) in [7, 11) is 0. The van der Waals surface area contributed by atoms with E-state index < -0.39 is 0 Å². The number of nitrogens with one attached hydrogen (secondary N) is 1. The lowest BCUT2D eigenvalue weighted by Crippen LogP contribution is -2.30. The maximum absolute atomic E-state index is 12.8. The lowest BCUT2D eigenvalue weighted by atomic mass is 10.2. The normalized spacial score (nSPS) is 16.0. The predicted octanol–water partition coefficient (Wildman–Crippen LogP) is 2.72. The summed E-state index contributed by atoms with van der Waals surface area (Å²) in [6, 6.07) is 1.92. The van der Waals surface area contributed by atoms with E-state index in [0.29, 0.717) is 21.9 Å². The summed E-state index contributed by atoms with van der Waals surface area (Å²) in [6.45, 7) is 7.67. The van der Waals surface area contributed by atoms with Gasteiger partial charge in [0.2, 0.25) is 5.91 Å². The number of nitrogens with zero attached hydrogens (tertiary/aromatic N) is 3. The maximum Gasteiger partial charge on any atom is 0.278 e. The molecule has 1 atom stereocenters. The highest BCUT2D eigenvalue weighted by atomic mass is 32.2. The van der Waals surface area contributed by atoms with Crippen molar-refractivity contribution < 1.29 is 4.79 Å². The Morgan fingerprint density at radius 1 is 1.42 bits per heavy atom. The number of carbonyl (C=O) groups excluding carboxylic acids is 1. The van der Waals surface area contributed by atoms with Gasteiger partial charge >= 0.3 is 0 Å². The van der Waals surface area contributed by atoms with Crippen LogP contribution in [0.2, 0.25) is 0 Å². The minimum absolute atomic E-state index is 0.0439. The third-order valence-electron chi connectivity index (χ3n) is 4.60. The average molecular weight is 348 g/mol. The molecule has 3 rings (SSSR count). The first-order chi connectivity index (χ1) is 11.5. The van der Waals surface area contributed by atoms with E-state index in [2.05, 4.69) is 9.97 Å². The van der Waals surface area contributed by atoms with Gasteiger partial charge in [0.05, 0.1) is 11.3 Å². The summed E-state index contributed by atoms with van der Waals surface area (Å²) in [4.78, 5) is 34.8. The molecule has 1 saturated heterocycles. The van der Waals surface area contributed by atoms with Crippen molar-refractivity contribution in [1.29, 1.82) is 0 Å². The molecule has 24 heavy (non-hydrogen) atoms. The van der Waals surface area contributed by atoms with Crippen molar-refractivity contribution in [3.63, 3.8) is 0 Å². The van der Waals surface area contributed by atoms with Crippen LogP contribution in [-0.4, -0.2) is 44.2 Å². The average Bonchev–Trinajstić information content (AvgIpc) is 3.21. The molecule has 1 amide bonds. The van der Waals surface area contributed by atoms with E-state index in [9.17, 15) is 9.59 Å². The van der Waals surface area contributed by atoms with Crippen molar-refractivity contribution in [3.05, 3.63) is 22.1 Å². The molecule has 0 aromatic carbocycles. The second-order valence-corrected chi connectivity index (χ2v) is 7.36. The van der Waals surface area contributed by atoms with Crippen LogP contribution in [-0.2, 0) is 4.79 Å². The fourth-order valence-electron chi connectivity index (χ4n) is 3.05. The number of thioether (sulfide) groups is 1. The summed E-state index contributed by atoms with van der Waals surface area (Å²) >= 11 is 1.37. The van der Waals surface area contributed by atoms with Crippen molar-refractivity contribution in [2.75, 3.05) is 18.8 Å². The van der Waals surface area contributed by atoms with Crippen LogP contribution in [0.25, 0.3) is 11.0 Å². The van der Waals surface area contributed by atoms with E-state index in [0.717, 1.165) is 38.0 Å². The predicted molar refractivity (Wildman–Crippen MR) is 96.6 cm³/mol. The molecule has 0 unspecified atom stereocenters. The number of hydrogen-bond acceptors (Lipinski definition) is 4. The fraction of sp³-hybridized carbons (Fsp3) is 0.588. The van der Waals surface area contributed by atoms with Crippen LogP contribution in [0.15, 0.2) is 16.0 Å². The van der Waals surface area contributed by atoms with Crippen LogP contribution in [0, 0.1) is 6.92 Å². The van der Waals surface area contributed by atoms with E-state index >= 15 is 0 Å². The first kappa shape index (κ1) is 17.1. The van der Waals surface area contributed by atoms with Gasteiger partial charge in [0, 0.05) is 24.8 Å². The van der Waals surface area contributed by atoms with E-state index in [4.69, 9.17) is 0 Å². The van der Waals surface area contributed by atoms with Gasteiger partial charge in [0.1, 0.15) is 5.52 Å². The Morgan fingerprint density at radius 3 is 2.79 bits per heavy atom. The van der Waals surface area contributed by atoms with Crippen LogP contribution in [0.4, 0.5) is 0 Å². The van der Waals surface area contributed by atoms with Gasteiger partial charge in [0.25, 0.3) is 5.56 Å². The van der Waals surface area contributed by atoms with Gasteiger partial charge in [-0.25, -0.2) is 4.98 Å². The van der Waals surface area contributed by atoms with Crippen LogP contribution >= 0.6 is 11.8 Å². The molecule has 0 bridgehead atoms. The Balaban J connectivity index is 1.92. The molecule has 0 radical (unpaired) electrons. The number of likely N-dealkylation sites (tertiary alicyclic amines) is 1. The molecule has 0 saturated carbocycles. The zero-order chi connectivity index (χ0) is 17.3. The van der Waals surface area contributed by atoms with Gasteiger partial charge in [-0.2, -0.15) is 0 Å². The third kappa shape index (κ3) is 3.22. The molecule has 0 aliphatic carbocycles. The number of hydrogen-bond donors (Lipinski definition) is 1. The minimum atomic E-state index is -0.0569. The van der Waals surface area contributed by atoms with E-state index in [-0.39, 0.29) is 17.5 Å². The molecule has 2 aromatic rings. The van der Waals surface area contributed by atoms with Crippen molar-refractivity contribution in [2.24, 2.45) is 0 Å². The molecule has 1 aliphatic rings. The smallest absolute Gasteiger partial charge is 0.278 e. The molecule has 7 heteroatoms. The number of rotatable bonds is 5. The van der Waals surface area contributed by atoms with Gasteiger partial charge in [-0.3, -0.25) is 14.2 Å². The van der Waals surface area contributed by atoms with Crippen molar-refractivity contribution >= 4 is 28.7 Å². The molecule has 1 aliphatic heterocycles. The third-order valence-corrected chi connectivity index (χ3v) is 5.54. The van der Waals surface area contributed by atoms with E-state index in [1.165, 1.54) is 11.8 Å². The monoisotopic (exact) mass is 348 g/mol. The van der Waals surface area contributed by atoms with Gasteiger partial charge < -0.3 is 9.88 Å². The first-order valence-corrected chi connectivity index (χ1v) is 9.52. The lowest BCUT2D eigenvalue weighted by Gasteiger charge is -2.18. The summed E-state index contributed by atoms with van der Waals surface area (Å²) in [5.41, 5.74) is 2.08. The molecule has 1 fully saturated rings. The Kier molecular flexibility index (Phi) is 4.99. The van der Waals surface area contributed by atoms with Crippen molar-refractivity contribution in [3.8, 4) is 0 Å². The Morgan fingerprint density at radius 2 is 2.12 bits per heavy atom. The number of amides is 1. The highest BCUT2D eigenvalue weighted by Gasteiger charge is 2.21. The molecule has 1 N–H and O–H groups in total. The summed E-state index contributed by atoms with van der Waals surface area (Å²) in [5.74, 6) is 0.463. The van der Waals surface area contributed by atoms with Gasteiger partial charge in [-0.1, -0.05) is 18.7 Å². The molecule has 3 heterocycles. The van der Waals surface area contributed by atoms with E-state index in [1.807, 2.05) is 31.7 Å². The Hall–Kier alpha value is -1.76. The summed E-state index contributed by atoms with van der Waals surface area (Å²) in [5, 5.41) is 0.633. The van der Waals surface area contributed by atoms with Gasteiger partial charge in [0.15, 0.2) is 5.16 Å². The highest BCUT2D eigenvalue weighted by molar-refractivity contribution is 7.99. The van der Waals surface area contributed by atoms with E-state index in [1.54, 1.807) is 4.57 Å². The molecule has 130 valence electrons. The molecular weight excluding hydrogens is 324 g/mol. The molecular formula is C17H24N4O2S. The first-order valence-electron chi connectivity index (χ1n) is 8.53. The maximum atomic E-state index is 12.8. The Bertz CT molecular complexity index is 805. The van der Waals surface area contributed by atoms with Crippen LogP contribution in [0.1, 0.15) is 44.8 Å². The number of aryl methyl sites for hydroxylation is 1. The summed E-state index contributed by atoms with van der Waals surface area (Å²) < 4.78 is 1.72. The second kappa shape index (κ2) is 7.01. The largest absolute Gasteiger partial charge is 0.353 e. The van der Waals surface area contributed by atoms with Gasteiger partial charge in [-0.05, 0) is 39.2 Å². The number of carbonyl (C=O) groups is 1. The minimum Gasteiger partial charge on any atom is -0.353 e.